The van der Waals surface area contributed by atoms with Gasteiger partial charge < -0.3 is 15.1 Å². The SMILES string of the molecule is CC.O=C(c1ccccc1)N1CCC(NC2CN(C(=O)c3ccc(C(F)c4ccc(C(F)(F)F)cc4)cc3)C2)C1. The molecule has 0 aromatic heterocycles. The van der Waals surface area contributed by atoms with E-state index >= 15 is 0 Å². The van der Waals surface area contributed by atoms with Crippen molar-refractivity contribution in [1.82, 2.24) is 15.1 Å². The number of likely N-dealkylation sites (tertiary alicyclic amines) is 2. The topological polar surface area (TPSA) is 52.7 Å². The van der Waals surface area contributed by atoms with E-state index in [1.54, 1.807) is 17.0 Å². The first kappa shape index (κ1) is 29.3. The first-order chi connectivity index (χ1) is 19.2. The zero-order valence-electron chi connectivity index (χ0n) is 22.5. The number of rotatable bonds is 6. The highest BCUT2D eigenvalue weighted by Gasteiger charge is 2.35. The van der Waals surface area contributed by atoms with Gasteiger partial charge in [-0.15, -0.1) is 0 Å². The van der Waals surface area contributed by atoms with E-state index in [9.17, 15) is 27.2 Å². The maximum atomic E-state index is 14.9. The maximum absolute atomic E-state index is 14.9. The Morgan fingerprint density at radius 3 is 1.82 bits per heavy atom. The molecule has 212 valence electrons. The van der Waals surface area contributed by atoms with Crippen LogP contribution in [0.1, 0.15) is 63.8 Å². The summed E-state index contributed by atoms with van der Waals surface area (Å²) in [5.41, 5.74) is 0.651. The summed E-state index contributed by atoms with van der Waals surface area (Å²) in [6.07, 6.45) is -5.22. The van der Waals surface area contributed by atoms with Crippen molar-refractivity contribution < 1.29 is 27.2 Å². The number of carbonyl (C=O) groups excluding carboxylic acids is 2. The van der Waals surface area contributed by atoms with Crippen molar-refractivity contribution in [2.45, 2.75) is 44.7 Å². The number of hydrogen-bond donors (Lipinski definition) is 1. The zero-order valence-corrected chi connectivity index (χ0v) is 22.5. The van der Waals surface area contributed by atoms with E-state index in [0.717, 1.165) is 30.7 Å². The fraction of sp³-hybridized carbons (Fsp3) is 0.355. The molecule has 2 amide bonds. The van der Waals surface area contributed by atoms with Gasteiger partial charge in [0.15, 0.2) is 6.17 Å². The number of amides is 2. The van der Waals surface area contributed by atoms with Crippen LogP contribution in [-0.4, -0.2) is 59.9 Å². The van der Waals surface area contributed by atoms with Crippen LogP contribution in [0.25, 0.3) is 0 Å². The molecule has 9 heteroatoms. The predicted molar refractivity (Wildman–Crippen MR) is 146 cm³/mol. The molecule has 0 radical (unpaired) electrons. The highest BCUT2D eigenvalue weighted by molar-refractivity contribution is 5.95. The third-order valence-corrected chi connectivity index (χ3v) is 7.12. The minimum Gasteiger partial charge on any atom is -0.337 e. The van der Waals surface area contributed by atoms with Crippen LogP contribution in [0.3, 0.4) is 0 Å². The van der Waals surface area contributed by atoms with Gasteiger partial charge in [0, 0.05) is 49.4 Å². The average molecular weight is 556 g/mol. The van der Waals surface area contributed by atoms with Crippen LogP contribution in [0.2, 0.25) is 0 Å². The van der Waals surface area contributed by atoms with Gasteiger partial charge in [0.25, 0.3) is 11.8 Å². The van der Waals surface area contributed by atoms with E-state index in [4.69, 9.17) is 0 Å². The van der Waals surface area contributed by atoms with Gasteiger partial charge in [-0.25, -0.2) is 4.39 Å². The molecular formula is C31H33F4N3O2. The number of benzene rings is 3. The van der Waals surface area contributed by atoms with Crippen LogP contribution in [0.15, 0.2) is 78.9 Å². The lowest BCUT2D eigenvalue weighted by Gasteiger charge is -2.41. The smallest absolute Gasteiger partial charge is 0.337 e. The van der Waals surface area contributed by atoms with Gasteiger partial charge in [-0.1, -0.05) is 56.3 Å². The van der Waals surface area contributed by atoms with Crippen LogP contribution in [0.5, 0.6) is 0 Å². The van der Waals surface area contributed by atoms with Crippen molar-refractivity contribution >= 4 is 11.8 Å². The Morgan fingerprint density at radius 2 is 1.25 bits per heavy atom. The minimum absolute atomic E-state index is 0.0256. The normalized spacial score (nSPS) is 18.0. The van der Waals surface area contributed by atoms with Crippen molar-refractivity contribution in [3.63, 3.8) is 0 Å². The second-order valence-electron chi connectivity index (χ2n) is 9.78. The van der Waals surface area contributed by atoms with Crippen molar-refractivity contribution in [2.24, 2.45) is 0 Å². The highest BCUT2D eigenvalue weighted by atomic mass is 19.4. The van der Waals surface area contributed by atoms with E-state index in [2.05, 4.69) is 5.32 Å². The summed E-state index contributed by atoms with van der Waals surface area (Å²) in [5, 5.41) is 3.54. The van der Waals surface area contributed by atoms with Crippen molar-refractivity contribution in [1.29, 1.82) is 0 Å². The molecule has 0 spiro atoms. The first-order valence-corrected chi connectivity index (χ1v) is 13.5. The van der Waals surface area contributed by atoms with Crippen LogP contribution < -0.4 is 5.32 Å². The monoisotopic (exact) mass is 555 g/mol. The summed E-state index contributed by atoms with van der Waals surface area (Å²) in [6, 6.07) is 19.6. The molecule has 5 rings (SSSR count). The Kier molecular flexibility index (Phi) is 9.25. The average Bonchev–Trinajstić information content (AvgIpc) is 3.43. The van der Waals surface area contributed by atoms with E-state index in [0.29, 0.717) is 37.3 Å². The summed E-state index contributed by atoms with van der Waals surface area (Å²) in [6.45, 7) is 6.40. The van der Waals surface area contributed by atoms with Gasteiger partial charge in [0.1, 0.15) is 0 Å². The fourth-order valence-corrected chi connectivity index (χ4v) is 4.94. The molecule has 2 aliphatic rings. The summed E-state index contributed by atoms with van der Waals surface area (Å²) >= 11 is 0. The molecule has 2 atom stereocenters. The minimum atomic E-state index is -4.48. The quantitative estimate of drug-likeness (QED) is 0.373. The Balaban J connectivity index is 0.00000181. The molecule has 2 saturated heterocycles. The largest absolute Gasteiger partial charge is 0.416 e. The van der Waals surface area contributed by atoms with E-state index in [-0.39, 0.29) is 35.0 Å². The summed E-state index contributed by atoms with van der Waals surface area (Å²) in [7, 11) is 0. The molecule has 5 nitrogen and oxygen atoms in total. The number of alkyl halides is 4. The highest BCUT2D eigenvalue weighted by Crippen LogP contribution is 2.32. The third-order valence-electron chi connectivity index (χ3n) is 7.12. The van der Waals surface area contributed by atoms with Gasteiger partial charge >= 0.3 is 6.18 Å². The zero-order chi connectivity index (χ0) is 28.9. The molecule has 40 heavy (non-hydrogen) atoms. The van der Waals surface area contributed by atoms with E-state index < -0.39 is 17.9 Å². The lowest BCUT2D eigenvalue weighted by Crippen LogP contribution is -2.62. The standard InChI is InChI=1S/C29H27F4N3O2.C2H6/c30-26(20-10-12-23(13-11-20)29(31,32)33)19-6-8-22(9-7-19)28(38)36-17-25(18-36)34-24-14-15-35(16-24)27(37)21-4-2-1-3-5-21;1-2/h1-13,24-26,34H,14-18H2;1-2H3. The molecule has 3 aromatic rings. The molecule has 2 aliphatic heterocycles. The second kappa shape index (κ2) is 12.6. The van der Waals surface area contributed by atoms with Crippen molar-refractivity contribution in [2.75, 3.05) is 26.2 Å². The lowest BCUT2D eigenvalue weighted by molar-refractivity contribution is -0.137. The van der Waals surface area contributed by atoms with Gasteiger partial charge in [-0.05, 0) is 53.9 Å². The Labute approximate surface area is 231 Å². The molecule has 2 fully saturated rings. The number of hydrogen-bond acceptors (Lipinski definition) is 3. The van der Waals surface area contributed by atoms with Gasteiger partial charge in [-0.3, -0.25) is 9.59 Å². The Morgan fingerprint density at radius 1 is 0.750 bits per heavy atom. The summed E-state index contributed by atoms with van der Waals surface area (Å²) < 4.78 is 53.1. The lowest BCUT2D eigenvalue weighted by atomic mass is 9.99. The molecule has 0 bridgehead atoms. The molecule has 2 unspecified atom stereocenters. The van der Waals surface area contributed by atoms with Gasteiger partial charge in [0.2, 0.25) is 0 Å². The molecular weight excluding hydrogens is 522 g/mol. The summed E-state index contributed by atoms with van der Waals surface area (Å²) in [5.74, 6) is -0.135. The Bertz CT molecular complexity index is 1270. The number of nitrogens with zero attached hydrogens (tertiary/aromatic N) is 2. The van der Waals surface area contributed by atoms with Crippen LogP contribution in [-0.2, 0) is 6.18 Å². The number of nitrogens with one attached hydrogen (secondary N) is 1. The van der Waals surface area contributed by atoms with Gasteiger partial charge in [0.05, 0.1) is 5.56 Å². The molecule has 2 heterocycles. The fourth-order valence-electron chi connectivity index (χ4n) is 4.94. The molecule has 0 saturated carbocycles. The van der Waals surface area contributed by atoms with Crippen LogP contribution in [0, 0.1) is 0 Å². The second-order valence-corrected chi connectivity index (χ2v) is 9.78. The number of carbonyl (C=O) groups is 2. The van der Waals surface area contributed by atoms with Crippen LogP contribution in [0.4, 0.5) is 17.6 Å². The van der Waals surface area contributed by atoms with Crippen molar-refractivity contribution in [3.05, 3.63) is 107 Å². The van der Waals surface area contributed by atoms with Crippen LogP contribution >= 0.6 is 0 Å². The number of halogens is 4. The van der Waals surface area contributed by atoms with E-state index in [1.165, 1.54) is 12.1 Å². The maximum Gasteiger partial charge on any atom is 0.416 e. The predicted octanol–water partition coefficient (Wildman–Crippen LogP) is 6.12. The van der Waals surface area contributed by atoms with Gasteiger partial charge in [-0.2, -0.15) is 13.2 Å². The molecule has 3 aromatic carbocycles. The third kappa shape index (κ3) is 6.70. The first-order valence-electron chi connectivity index (χ1n) is 13.5. The van der Waals surface area contributed by atoms with E-state index in [1.807, 2.05) is 49.1 Å². The summed E-state index contributed by atoms with van der Waals surface area (Å²) in [4.78, 5) is 29.0. The van der Waals surface area contributed by atoms with Crippen molar-refractivity contribution in [3.8, 4) is 0 Å². The Hall–Kier alpha value is -3.72. The molecule has 1 N–H and O–H groups in total. The molecule has 0 aliphatic carbocycles.